The highest BCUT2D eigenvalue weighted by atomic mass is 16.5. The second kappa shape index (κ2) is 6.21. The van der Waals surface area contributed by atoms with Gasteiger partial charge in [-0.05, 0) is 13.1 Å². The van der Waals surface area contributed by atoms with Gasteiger partial charge in [-0.25, -0.2) is 0 Å². The molecular formula is C15H24N2O. The lowest BCUT2D eigenvalue weighted by Crippen LogP contribution is -2.35. The number of benzene rings is 1. The number of hydrogen-bond donors (Lipinski definition) is 1. The Bertz CT molecular complexity index is 379. The van der Waals surface area contributed by atoms with Crippen LogP contribution >= 0.6 is 0 Å². The summed E-state index contributed by atoms with van der Waals surface area (Å²) in [5.41, 5.74) is 1.36. The number of para-hydroxylation sites is 1. The summed E-state index contributed by atoms with van der Waals surface area (Å²) in [5, 5.41) is 3.45. The van der Waals surface area contributed by atoms with Crippen molar-refractivity contribution < 1.29 is 4.74 Å². The highest BCUT2D eigenvalue weighted by Gasteiger charge is 2.24. The summed E-state index contributed by atoms with van der Waals surface area (Å²) in [4.78, 5) is 2.38. The minimum Gasteiger partial charge on any atom is -0.493 e. The number of ether oxygens (including phenoxy) is 1. The van der Waals surface area contributed by atoms with E-state index < -0.39 is 0 Å². The van der Waals surface area contributed by atoms with Gasteiger partial charge >= 0.3 is 0 Å². The second-order valence-electron chi connectivity index (χ2n) is 5.42. The van der Waals surface area contributed by atoms with Crippen LogP contribution in [0.2, 0.25) is 0 Å². The molecule has 0 saturated heterocycles. The van der Waals surface area contributed by atoms with Gasteiger partial charge in [-0.3, -0.25) is 0 Å². The SMILES string of the molecule is CC(C)NCCN(C)CC1COc2ccccc21. The van der Waals surface area contributed by atoms with Crippen LogP contribution in [0, 0.1) is 0 Å². The Balaban J connectivity index is 1.80. The molecule has 0 aromatic heterocycles. The van der Waals surface area contributed by atoms with Crippen molar-refractivity contribution in [3.63, 3.8) is 0 Å². The lowest BCUT2D eigenvalue weighted by Gasteiger charge is -2.21. The predicted octanol–water partition coefficient (Wildman–Crippen LogP) is 2.09. The molecule has 1 heterocycles. The third-order valence-electron chi connectivity index (χ3n) is 3.38. The third-order valence-corrected chi connectivity index (χ3v) is 3.38. The Labute approximate surface area is 110 Å². The Kier molecular flexibility index (Phi) is 4.61. The van der Waals surface area contributed by atoms with E-state index in [-0.39, 0.29) is 0 Å². The second-order valence-corrected chi connectivity index (χ2v) is 5.42. The Morgan fingerprint density at radius 3 is 2.94 bits per heavy atom. The van der Waals surface area contributed by atoms with E-state index in [0.717, 1.165) is 32.0 Å². The fraction of sp³-hybridized carbons (Fsp3) is 0.600. The van der Waals surface area contributed by atoms with Crippen molar-refractivity contribution in [1.29, 1.82) is 0 Å². The van der Waals surface area contributed by atoms with Crippen LogP contribution in [0.15, 0.2) is 24.3 Å². The molecule has 1 aromatic carbocycles. The van der Waals surface area contributed by atoms with Gasteiger partial charge in [-0.1, -0.05) is 32.0 Å². The van der Waals surface area contributed by atoms with Crippen molar-refractivity contribution in [2.24, 2.45) is 0 Å². The summed E-state index contributed by atoms with van der Waals surface area (Å²) in [6, 6.07) is 8.95. The molecule has 0 saturated carbocycles. The Morgan fingerprint density at radius 1 is 1.39 bits per heavy atom. The maximum Gasteiger partial charge on any atom is 0.122 e. The standard InChI is InChI=1S/C15H24N2O/c1-12(2)16-8-9-17(3)10-13-11-18-15-7-5-4-6-14(13)15/h4-7,12-13,16H,8-11H2,1-3H3. The van der Waals surface area contributed by atoms with Gasteiger partial charge in [-0.2, -0.15) is 0 Å². The van der Waals surface area contributed by atoms with Crippen molar-refractivity contribution in [2.45, 2.75) is 25.8 Å². The van der Waals surface area contributed by atoms with Crippen molar-refractivity contribution in [1.82, 2.24) is 10.2 Å². The molecule has 1 aliphatic heterocycles. The average Bonchev–Trinajstić information content (AvgIpc) is 2.72. The number of rotatable bonds is 6. The Morgan fingerprint density at radius 2 is 2.17 bits per heavy atom. The molecule has 18 heavy (non-hydrogen) atoms. The summed E-state index contributed by atoms with van der Waals surface area (Å²) in [6.07, 6.45) is 0. The van der Waals surface area contributed by atoms with Crippen molar-refractivity contribution >= 4 is 0 Å². The van der Waals surface area contributed by atoms with Gasteiger partial charge in [0.05, 0.1) is 6.61 Å². The maximum atomic E-state index is 5.71. The molecule has 0 spiro atoms. The van der Waals surface area contributed by atoms with E-state index in [1.54, 1.807) is 0 Å². The average molecular weight is 248 g/mol. The van der Waals surface area contributed by atoms with E-state index in [2.05, 4.69) is 49.3 Å². The first-order chi connectivity index (χ1) is 8.66. The number of likely N-dealkylation sites (N-methyl/N-ethyl adjacent to an activating group) is 1. The topological polar surface area (TPSA) is 24.5 Å². The zero-order chi connectivity index (χ0) is 13.0. The lowest BCUT2D eigenvalue weighted by molar-refractivity contribution is 0.265. The molecule has 1 aromatic rings. The molecular weight excluding hydrogens is 224 g/mol. The molecule has 3 heteroatoms. The van der Waals surface area contributed by atoms with Gasteiger partial charge in [0.2, 0.25) is 0 Å². The Hall–Kier alpha value is -1.06. The normalized spacial score (nSPS) is 18.2. The molecule has 0 aliphatic carbocycles. The van der Waals surface area contributed by atoms with Crippen molar-refractivity contribution in [3.8, 4) is 5.75 Å². The van der Waals surface area contributed by atoms with Gasteiger partial charge in [0.15, 0.2) is 0 Å². The third kappa shape index (κ3) is 3.47. The molecule has 2 rings (SSSR count). The highest BCUT2D eigenvalue weighted by molar-refractivity contribution is 5.39. The first kappa shape index (κ1) is 13.4. The van der Waals surface area contributed by atoms with Gasteiger partial charge < -0.3 is 15.0 Å². The van der Waals surface area contributed by atoms with Crippen LogP contribution in [0.4, 0.5) is 0 Å². The largest absolute Gasteiger partial charge is 0.493 e. The fourth-order valence-corrected chi connectivity index (χ4v) is 2.39. The summed E-state index contributed by atoms with van der Waals surface area (Å²) >= 11 is 0. The van der Waals surface area contributed by atoms with E-state index in [1.807, 2.05) is 6.07 Å². The zero-order valence-electron chi connectivity index (χ0n) is 11.6. The van der Waals surface area contributed by atoms with Crippen LogP contribution in [0.25, 0.3) is 0 Å². The predicted molar refractivity (Wildman–Crippen MR) is 75.3 cm³/mol. The number of nitrogens with one attached hydrogen (secondary N) is 1. The van der Waals surface area contributed by atoms with E-state index in [0.29, 0.717) is 12.0 Å². The van der Waals surface area contributed by atoms with Crippen LogP contribution in [0.5, 0.6) is 5.75 Å². The van der Waals surface area contributed by atoms with E-state index in [4.69, 9.17) is 4.74 Å². The number of hydrogen-bond acceptors (Lipinski definition) is 3. The molecule has 0 bridgehead atoms. The number of fused-ring (bicyclic) bond motifs is 1. The molecule has 0 fully saturated rings. The quantitative estimate of drug-likeness (QED) is 0.834. The highest BCUT2D eigenvalue weighted by Crippen LogP contribution is 2.33. The molecule has 1 N–H and O–H groups in total. The maximum absolute atomic E-state index is 5.71. The molecule has 0 radical (unpaired) electrons. The van der Waals surface area contributed by atoms with E-state index in [1.165, 1.54) is 5.56 Å². The van der Waals surface area contributed by atoms with Crippen LogP contribution in [-0.2, 0) is 0 Å². The van der Waals surface area contributed by atoms with Crippen LogP contribution < -0.4 is 10.1 Å². The minimum absolute atomic E-state index is 0.519. The summed E-state index contributed by atoms with van der Waals surface area (Å²) in [6.45, 7) is 8.38. The minimum atomic E-state index is 0.519. The molecule has 1 unspecified atom stereocenters. The first-order valence-corrected chi connectivity index (χ1v) is 6.80. The summed E-state index contributed by atoms with van der Waals surface area (Å²) < 4.78 is 5.71. The number of nitrogens with zero attached hydrogens (tertiary/aromatic N) is 1. The van der Waals surface area contributed by atoms with Crippen molar-refractivity contribution in [3.05, 3.63) is 29.8 Å². The molecule has 0 amide bonds. The van der Waals surface area contributed by atoms with Gasteiger partial charge in [0.25, 0.3) is 0 Å². The van der Waals surface area contributed by atoms with E-state index >= 15 is 0 Å². The van der Waals surface area contributed by atoms with Gasteiger partial charge in [0.1, 0.15) is 5.75 Å². The molecule has 3 nitrogen and oxygen atoms in total. The molecule has 1 aliphatic rings. The van der Waals surface area contributed by atoms with Gasteiger partial charge in [-0.15, -0.1) is 0 Å². The van der Waals surface area contributed by atoms with Crippen LogP contribution in [0.3, 0.4) is 0 Å². The lowest BCUT2D eigenvalue weighted by atomic mass is 10.0. The fourth-order valence-electron chi connectivity index (χ4n) is 2.39. The zero-order valence-corrected chi connectivity index (χ0v) is 11.6. The first-order valence-electron chi connectivity index (χ1n) is 6.80. The molecule has 100 valence electrons. The van der Waals surface area contributed by atoms with Crippen molar-refractivity contribution in [2.75, 3.05) is 33.3 Å². The van der Waals surface area contributed by atoms with Gasteiger partial charge in [0, 0.05) is 37.2 Å². The summed E-state index contributed by atoms with van der Waals surface area (Å²) in [7, 11) is 2.18. The smallest absolute Gasteiger partial charge is 0.122 e. The molecule has 1 atom stereocenters. The summed E-state index contributed by atoms with van der Waals surface area (Å²) in [5.74, 6) is 1.58. The van der Waals surface area contributed by atoms with Crippen LogP contribution in [0.1, 0.15) is 25.3 Å². The van der Waals surface area contributed by atoms with Crippen LogP contribution in [-0.4, -0.2) is 44.2 Å². The monoisotopic (exact) mass is 248 g/mol. The van der Waals surface area contributed by atoms with E-state index in [9.17, 15) is 0 Å².